The molecule has 0 aliphatic rings. The van der Waals surface area contributed by atoms with Crippen molar-refractivity contribution in [2.24, 2.45) is 7.05 Å². The molecule has 0 saturated heterocycles. The Morgan fingerprint density at radius 3 is 2.83 bits per heavy atom. The summed E-state index contributed by atoms with van der Waals surface area (Å²) in [4.78, 5) is 22.2. The number of aryl methyl sites for hydroxylation is 1. The molecule has 0 fully saturated rings. The van der Waals surface area contributed by atoms with Crippen LogP contribution >= 0.6 is 0 Å². The molecule has 0 radical (unpaired) electrons. The number of nitrogens with zero attached hydrogens (tertiary/aromatic N) is 2. The van der Waals surface area contributed by atoms with Crippen molar-refractivity contribution in [3.8, 4) is 0 Å². The Morgan fingerprint density at radius 1 is 1.61 bits per heavy atom. The quantitative estimate of drug-likeness (QED) is 0.586. The summed E-state index contributed by atoms with van der Waals surface area (Å²) >= 11 is 0. The predicted molar refractivity (Wildman–Crippen MR) is 63.5 cm³/mol. The molecule has 1 heterocycles. The van der Waals surface area contributed by atoms with Gasteiger partial charge in [-0.25, -0.2) is 4.79 Å². The van der Waals surface area contributed by atoms with Crippen LogP contribution < -0.4 is 5.32 Å². The zero-order valence-electron chi connectivity index (χ0n) is 9.91. The van der Waals surface area contributed by atoms with Crippen LogP contribution in [-0.2, 0) is 16.6 Å². The Kier molecular flexibility index (Phi) is 5.06. The molecule has 18 heavy (non-hydrogen) atoms. The zero-order valence-corrected chi connectivity index (χ0v) is 9.91. The molecule has 98 valence electrons. The fourth-order valence-corrected chi connectivity index (χ4v) is 1.32. The summed E-state index contributed by atoms with van der Waals surface area (Å²) in [5, 5.41) is 23.7. The summed E-state index contributed by atoms with van der Waals surface area (Å²) in [5.41, 5.74) is 0.721. The molecule has 0 bridgehead atoms. The maximum absolute atomic E-state index is 11.5. The molecule has 0 aliphatic heterocycles. The molecular weight excluding hydrogens is 238 g/mol. The van der Waals surface area contributed by atoms with E-state index in [-0.39, 0.29) is 13.0 Å². The first kappa shape index (κ1) is 13.9. The van der Waals surface area contributed by atoms with Gasteiger partial charge >= 0.3 is 5.97 Å². The number of hydrogen-bond donors (Lipinski definition) is 3. The minimum Gasteiger partial charge on any atom is -0.480 e. The first-order valence-corrected chi connectivity index (χ1v) is 5.35. The molecule has 1 rings (SSSR count). The number of carboxylic acids is 1. The normalized spacial score (nSPS) is 12.6. The smallest absolute Gasteiger partial charge is 0.326 e. The van der Waals surface area contributed by atoms with E-state index >= 15 is 0 Å². The molecule has 1 atom stereocenters. The number of aliphatic hydroxyl groups is 1. The molecule has 1 unspecified atom stereocenters. The Hall–Kier alpha value is -2.15. The zero-order chi connectivity index (χ0) is 13.5. The Bertz CT molecular complexity index is 453. The van der Waals surface area contributed by atoms with Crippen molar-refractivity contribution in [3.63, 3.8) is 0 Å². The topological polar surface area (TPSA) is 104 Å². The number of carbonyl (C=O) groups is 2. The highest BCUT2D eigenvalue weighted by atomic mass is 16.4. The van der Waals surface area contributed by atoms with Gasteiger partial charge in [0, 0.05) is 32.3 Å². The molecule has 1 aromatic rings. The molecular formula is C11H15N3O4. The first-order chi connectivity index (χ1) is 8.54. The number of amides is 1. The SMILES string of the molecule is Cn1nccc1/C=C/C(=O)NC(CCO)C(=O)O. The van der Waals surface area contributed by atoms with Crippen LogP contribution in [0.1, 0.15) is 12.1 Å². The fraction of sp³-hybridized carbons (Fsp3) is 0.364. The number of hydrogen-bond acceptors (Lipinski definition) is 4. The number of aliphatic carboxylic acids is 1. The van der Waals surface area contributed by atoms with Gasteiger partial charge in [-0.05, 0) is 12.1 Å². The van der Waals surface area contributed by atoms with E-state index in [1.807, 2.05) is 0 Å². The summed E-state index contributed by atoms with van der Waals surface area (Å²) in [5.74, 6) is -1.71. The van der Waals surface area contributed by atoms with E-state index in [0.29, 0.717) is 0 Å². The average molecular weight is 253 g/mol. The van der Waals surface area contributed by atoms with Crippen LogP contribution in [0.5, 0.6) is 0 Å². The lowest BCUT2D eigenvalue weighted by Gasteiger charge is -2.11. The van der Waals surface area contributed by atoms with Gasteiger partial charge in [0.05, 0.1) is 5.69 Å². The van der Waals surface area contributed by atoms with E-state index < -0.39 is 17.9 Å². The van der Waals surface area contributed by atoms with E-state index in [2.05, 4.69) is 10.4 Å². The highest BCUT2D eigenvalue weighted by molar-refractivity contribution is 5.94. The van der Waals surface area contributed by atoms with Crippen LogP contribution in [0.25, 0.3) is 6.08 Å². The molecule has 0 saturated carbocycles. The van der Waals surface area contributed by atoms with Crippen LogP contribution in [0.15, 0.2) is 18.3 Å². The number of carbonyl (C=O) groups excluding carboxylic acids is 1. The molecule has 3 N–H and O–H groups in total. The number of carboxylic acid groups (broad SMARTS) is 1. The van der Waals surface area contributed by atoms with Gasteiger partial charge in [-0.15, -0.1) is 0 Å². The Morgan fingerprint density at radius 2 is 2.33 bits per heavy atom. The number of rotatable bonds is 6. The van der Waals surface area contributed by atoms with E-state index in [4.69, 9.17) is 10.2 Å². The first-order valence-electron chi connectivity index (χ1n) is 5.35. The van der Waals surface area contributed by atoms with E-state index in [0.717, 1.165) is 5.69 Å². The van der Waals surface area contributed by atoms with Gasteiger partial charge in [0.2, 0.25) is 5.91 Å². The van der Waals surface area contributed by atoms with Crippen molar-refractivity contribution in [2.75, 3.05) is 6.61 Å². The lowest BCUT2D eigenvalue weighted by Crippen LogP contribution is -2.40. The van der Waals surface area contributed by atoms with E-state index in [9.17, 15) is 9.59 Å². The van der Waals surface area contributed by atoms with Crippen molar-refractivity contribution >= 4 is 18.0 Å². The van der Waals surface area contributed by atoms with Crippen LogP contribution in [0.3, 0.4) is 0 Å². The summed E-state index contributed by atoms with van der Waals surface area (Å²) in [6.07, 6.45) is 4.31. The van der Waals surface area contributed by atoms with Crippen molar-refractivity contribution in [3.05, 3.63) is 24.0 Å². The molecule has 0 aliphatic carbocycles. The average Bonchev–Trinajstić information content (AvgIpc) is 2.71. The number of aromatic nitrogens is 2. The van der Waals surface area contributed by atoms with Crippen molar-refractivity contribution in [1.82, 2.24) is 15.1 Å². The van der Waals surface area contributed by atoms with E-state index in [1.165, 1.54) is 12.2 Å². The highest BCUT2D eigenvalue weighted by Crippen LogP contribution is 1.99. The highest BCUT2D eigenvalue weighted by Gasteiger charge is 2.17. The van der Waals surface area contributed by atoms with Gasteiger partial charge in [0.15, 0.2) is 0 Å². The summed E-state index contributed by atoms with van der Waals surface area (Å²) in [6.45, 7) is -0.303. The van der Waals surface area contributed by atoms with Gasteiger partial charge in [0.25, 0.3) is 0 Å². The third kappa shape index (κ3) is 4.02. The van der Waals surface area contributed by atoms with Gasteiger partial charge in [0.1, 0.15) is 6.04 Å². The third-order valence-electron chi connectivity index (χ3n) is 2.30. The van der Waals surface area contributed by atoms with Gasteiger partial charge in [-0.2, -0.15) is 5.10 Å². The van der Waals surface area contributed by atoms with Crippen molar-refractivity contribution in [2.45, 2.75) is 12.5 Å². The van der Waals surface area contributed by atoms with Crippen LogP contribution in [0.4, 0.5) is 0 Å². The molecule has 0 spiro atoms. The second kappa shape index (κ2) is 6.55. The van der Waals surface area contributed by atoms with Crippen LogP contribution in [0, 0.1) is 0 Å². The molecule has 7 nitrogen and oxygen atoms in total. The third-order valence-corrected chi connectivity index (χ3v) is 2.30. The number of aliphatic hydroxyl groups excluding tert-OH is 1. The molecule has 0 aromatic carbocycles. The summed E-state index contributed by atoms with van der Waals surface area (Å²) in [7, 11) is 1.73. The second-order valence-corrected chi connectivity index (χ2v) is 3.62. The predicted octanol–water partition coefficient (Wildman–Crippen LogP) is -0.615. The molecule has 1 aromatic heterocycles. The van der Waals surface area contributed by atoms with Gasteiger partial charge in [-0.1, -0.05) is 0 Å². The minimum atomic E-state index is -1.17. The maximum Gasteiger partial charge on any atom is 0.326 e. The lowest BCUT2D eigenvalue weighted by atomic mass is 10.2. The van der Waals surface area contributed by atoms with Gasteiger partial charge < -0.3 is 15.5 Å². The summed E-state index contributed by atoms with van der Waals surface area (Å²) < 4.78 is 1.58. The second-order valence-electron chi connectivity index (χ2n) is 3.62. The Labute approximate surface area is 104 Å². The van der Waals surface area contributed by atoms with Gasteiger partial charge in [-0.3, -0.25) is 9.48 Å². The standard InChI is InChI=1S/C11H15N3O4/c1-14-8(4-6-12-14)2-3-10(16)13-9(5-7-15)11(17)18/h2-4,6,9,15H,5,7H2,1H3,(H,13,16)(H,17,18)/b3-2+. The number of nitrogens with one attached hydrogen (secondary N) is 1. The van der Waals surface area contributed by atoms with Crippen molar-refractivity contribution < 1.29 is 19.8 Å². The lowest BCUT2D eigenvalue weighted by molar-refractivity contribution is -0.141. The molecule has 1 amide bonds. The fourth-order valence-electron chi connectivity index (χ4n) is 1.32. The monoisotopic (exact) mass is 253 g/mol. The largest absolute Gasteiger partial charge is 0.480 e. The van der Waals surface area contributed by atoms with E-state index in [1.54, 1.807) is 24.0 Å². The summed E-state index contributed by atoms with van der Waals surface area (Å²) in [6, 6.07) is 0.630. The Balaban J connectivity index is 2.58. The van der Waals surface area contributed by atoms with Crippen molar-refractivity contribution in [1.29, 1.82) is 0 Å². The van der Waals surface area contributed by atoms with Crippen LogP contribution in [0.2, 0.25) is 0 Å². The maximum atomic E-state index is 11.5. The van der Waals surface area contributed by atoms with Crippen LogP contribution in [-0.4, -0.2) is 44.5 Å². The minimum absolute atomic E-state index is 0.0272. The molecule has 7 heteroatoms.